The second kappa shape index (κ2) is 11.0. The summed E-state index contributed by atoms with van der Waals surface area (Å²) >= 11 is 1.30. The van der Waals surface area contributed by atoms with E-state index in [4.69, 9.17) is 9.47 Å². The second-order valence-electron chi connectivity index (χ2n) is 7.93. The Morgan fingerprint density at radius 3 is 2.27 bits per heavy atom. The van der Waals surface area contributed by atoms with Crippen molar-refractivity contribution in [1.82, 2.24) is 9.88 Å². The molecule has 2 rings (SSSR count). The van der Waals surface area contributed by atoms with Gasteiger partial charge in [-0.05, 0) is 30.0 Å². The minimum atomic E-state index is -0.301. The molecule has 0 aliphatic carbocycles. The number of ether oxygens (including phenoxy) is 2. The van der Waals surface area contributed by atoms with Gasteiger partial charge < -0.3 is 14.4 Å². The number of thiazole rings is 1. The van der Waals surface area contributed by atoms with Crippen LogP contribution in [-0.2, 0) is 11.2 Å². The number of aromatic nitrogens is 1. The Labute approximate surface area is 182 Å². The molecular weight excluding hydrogens is 402 g/mol. The van der Waals surface area contributed by atoms with Crippen LogP contribution in [0.5, 0.6) is 11.5 Å². The van der Waals surface area contributed by atoms with Crippen molar-refractivity contribution >= 4 is 28.3 Å². The van der Waals surface area contributed by atoms with Crippen molar-refractivity contribution in [1.29, 1.82) is 0 Å². The van der Waals surface area contributed by atoms with Crippen LogP contribution in [0.1, 0.15) is 43.7 Å². The van der Waals surface area contributed by atoms with Gasteiger partial charge in [-0.3, -0.25) is 14.9 Å². The van der Waals surface area contributed by atoms with Gasteiger partial charge >= 0.3 is 0 Å². The maximum Gasteiger partial charge on any atom is 0.257 e. The van der Waals surface area contributed by atoms with E-state index in [9.17, 15) is 9.59 Å². The fourth-order valence-electron chi connectivity index (χ4n) is 3.02. The standard InChI is InChI=1S/C22H31N3O4S/c1-14(2)11-25(12-15(3)4)20(26)10-17-13-30-22(23-17)24-21(27)16-7-8-18(28-5)19(9-16)29-6/h7-9,13-15H,10-12H2,1-6H3,(H,23,24,27). The van der Waals surface area contributed by atoms with Gasteiger partial charge in [-0.1, -0.05) is 27.7 Å². The smallest absolute Gasteiger partial charge is 0.257 e. The quantitative estimate of drug-likeness (QED) is 0.610. The van der Waals surface area contributed by atoms with Crippen molar-refractivity contribution in [3.8, 4) is 11.5 Å². The fraction of sp³-hybridized carbons (Fsp3) is 0.500. The van der Waals surface area contributed by atoms with Gasteiger partial charge in [0.2, 0.25) is 5.91 Å². The molecule has 1 heterocycles. The van der Waals surface area contributed by atoms with Crippen LogP contribution in [0, 0.1) is 11.8 Å². The molecule has 7 nitrogen and oxygen atoms in total. The number of hydrogen-bond acceptors (Lipinski definition) is 6. The topological polar surface area (TPSA) is 80.8 Å². The van der Waals surface area contributed by atoms with Gasteiger partial charge in [0.25, 0.3) is 5.91 Å². The van der Waals surface area contributed by atoms with Crippen LogP contribution in [0.25, 0.3) is 0 Å². The molecule has 0 aliphatic rings. The number of benzene rings is 1. The molecule has 0 aliphatic heterocycles. The van der Waals surface area contributed by atoms with Crippen molar-refractivity contribution in [2.75, 3.05) is 32.6 Å². The highest BCUT2D eigenvalue weighted by Crippen LogP contribution is 2.28. The Morgan fingerprint density at radius 1 is 1.07 bits per heavy atom. The summed E-state index contributed by atoms with van der Waals surface area (Å²) in [7, 11) is 3.06. The van der Waals surface area contributed by atoms with E-state index < -0.39 is 0 Å². The molecule has 0 atom stereocenters. The van der Waals surface area contributed by atoms with Crippen LogP contribution < -0.4 is 14.8 Å². The average molecular weight is 434 g/mol. The van der Waals surface area contributed by atoms with Crippen LogP contribution in [-0.4, -0.2) is 49.0 Å². The maximum atomic E-state index is 12.7. The summed E-state index contributed by atoms with van der Waals surface area (Å²) in [5.41, 5.74) is 1.09. The maximum absolute atomic E-state index is 12.7. The van der Waals surface area contributed by atoms with Crippen molar-refractivity contribution in [3.05, 3.63) is 34.8 Å². The zero-order valence-corrected chi connectivity index (χ0v) is 19.3. The predicted octanol–water partition coefficient (Wildman–Crippen LogP) is 4.10. The molecule has 2 amide bonds. The molecule has 0 bridgehead atoms. The van der Waals surface area contributed by atoms with Crippen LogP contribution in [0.15, 0.2) is 23.6 Å². The number of nitrogens with one attached hydrogen (secondary N) is 1. The van der Waals surface area contributed by atoms with Crippen LogP contribution in [0.4, 0.5) is 5.13 Å². The Balaban J connectivity index is 2.03. The molecule has 0 spiro atoms. The van der Waals surface area contributed by atoms with Crippen molar-refractivity contribution in [2.24, 2.45) is 11.8 Å². The minimum absolute atomic E-state index is 0.0560. The summed E-state index contributed by atoms with van der Waals surface area (Å²) in [5, 5.41) is 5.05. The average Bonchev–Trinajstić information content (AvgIpc) is 3.12. The molecule has 1 aromatic heterocycles. The lowest BCUT2D eigenvalue weighted by Crippen LogP contribution is -2.38. The minimum Gasteiger partial charge on any atom is -0.493 e. The molecule has 1 aromatic carbocycles. The molecule has 0 saturated heterocycles. The Kier molecular flexibility index (Phi) is 8.65. The molecule has 0 saturated carbocycles. The SMILES string of the molecule is COc1ccc(C(=O)Nc2nc(CC(=O)N(CC(C)C)CC(C)C)cs2)cc1OC. The van der Waals surface area contributed by atoms with Gasteiger partial charge in [0.1, 0.15) is 0 Å². The first-order valence-electron chi connectivity index (χ1n) is 9.99. The van der Waals surface area contributed by atoms with Gasteiger partial charge in [0, 0.05) is 24.0 Å². The number of nitrogens with zero attached hydrogens (tertiary/aromatic N) is 2. The zero-order chi connectivity index (χ0) is 22.3. The molecular formula is C22H31N3O4S. The first-order chi connectivity index (χ1) is 14.2. The van der Waals surface area contributed by atoms with E-state index in [1.807, 2.05) is 10.3 Å². The van der Waals surface area contributed by atoms with Gasteiger partial charge in [-0.25, -0.2) is 4.98 Å². The largest absolute Gasteiger partial charge is 0.493 e. The third-order valence-corrected chi connectivity index (χ3v) is 5.08. The summed E-state index contributed by atoms with van der Waals surface area (Å²) in [6.07, 6.45) is 0.224. The number of methoxy groups -OCH3 is 2. The van der Waals surface area contributed by atoms with Gasteiger partial charge in [-0.15, -0.1) is 11.3 Å². The molecule has 2 aromatic rings. The normalized spacial score (nSPS) is 10.9. The molecule has 0 unspecified atom stereocenters. The van der Waals surface area contributed by atoms with E-state index in [2.05, 4.69) is 38.0 Å². The summed E-state index contributed by atoms with van der Waals surface area (Å²) in [5.74, 6) is 1.59. The summed E-state index contributed by atoms with van der Waals surface area (Å²) in [6, 6.07) is 4.95. The van der Waals surface area contributed by atoms with Crippen LogP contribution >= 0.6 is 11.3 Å². The Morgan fingerprint density at radius 2 is 1.70 bits per heavy atom. The van der Waals surface area contributed by atoms with Gasteiger partial charge in [0.15, 0.2) is 16.6 Å². The molecule has 164 valence electrons. The van der Waals surface area contributed by atoms with Crippen LogP contribution in [0.3, 0.4) is 0 Å². The van der Waals surface area contributed by atoms with E-state index in [1.165, 1.54) is 18.4 Å². The molecule has 1 N–H and O–H groups in total. The third kappa shape index (κ3) is 6.73. The van der Waals surface area contributed by atoms with E-state index >= 15 is 0 Å². The second-order valence-corrected chi connectivity index (χ2v) is 8.79. The lowest BCUT2D eigenvalue weighted by molar-refractivity contribution is -0.131. The lowest BCUT2D eigenvalue weighted by Gasteiger charge is -2.26. The van der Waals surface area contributed by atoms with Crippen molar-refractivity contribution in [2.45, 2.75) is 34.1 Å². The van der Waals surface area contributed by atoms with E-state index in [1.54, 1.807) is 25.3 Å². The van der Waals surface area contributed by atoms with Gasteiger partial charge in [-0.2, -0.15) is 0 Å². The van der Waals surface area contributed by atoms with Gasteiger partial charge in [0.05, 0.1) is 26.3 Å². The van der Waals surface area contributed by atoms with Crippen LogP contribution in [0.2, 0.25) is 0 Å². The number of hydrogen-bond donors (Lipinski definition) is 1. The van der Waals surface area contributed by atoms with E-state index in [0.29, 0.717) is 39.7 Å². The molecule has 0 radical (unpaired) electrons. The van der Waals surface area contributed by atoms with E-state index in [0.717, 1.165) is 13.1 Å². The van der Waals surface area contributed by atoms with Crippen molar-refractivity contribution in [3.63, 3.8) is 0 Å². The highest BCUT2D eigenvalue weighted by molar-refractivity contribution is 7.14. The lowest BCUT2D eigenvalue weighted by atomic mass is 10.1. The molecule has 8 heteroatoms. The molecule has 30 heavy (non-hydrogen) atoms. The monoisotopic (exact) mass is 433 g/mol. The first-order valence-corrected chi connectivity index (χ1v) is 10.9. The van der Waals surface area contributed by atoms with E-state index in [-0.39, 0.29) is 18.2 Å². The Hall–Kier alpha value is -2.61. The summed E-state index contributed by atoms with van der Waals surface area (Å²) < 4.78 is 10.4. The Bertz CT molecular complexity index is 854. The highest BCUT2D eigenvalue weighted by atomic mass is 32.1. The first kappa shape index (κ1) is 23.7. The predicted molar refractivity (Wildman–Crippen MR) is 120 cm³/mol. The number of carbonyl (C=O) groups is 2. The number of amides is 2. The fourth-order valence-corrected chi connectivity index (χ4v) is 3.72. The number of rotatable bonds is 10. The number of anilines is 1. The number of carbonyl (C=O) groups excluding carboxylic acids is 2. The zero-order valence-electron chi connectivity index (χ0n) is 18.5. The molecule has 0 fully saturated rings. The van der Waals surface area contributed by atoms with Crippen molar-refractivity contribution < 1.29 is 19.1 Å². The third-order valence-electron chi connectivity index (χ3n) is 4.27. The summed E-state index contributed by atoms with van der Waals surface area (Å²) in [4.78, 5) is 31.6. The summed E-state index contributed by atoms with van der Waals surface area (Å²) in [6.45, 7) is 9.86. The highest BCUT2D eigenvalue weighted by Gasteiger charge is 2.19.